The molecule has 2 rings (SSSR count). The van der Waals surface area contributed by atoms with Gasteiger partial charge in [0.15, 0.2) is 11.6 Å². The van der Waals surface area contributed by atoms with Crippen molar-refractivity contribution < 1.29 is 23.4 Å². The van der Waals surface area contributed by atoms with Crippen molar-refractivity contribution in [3.63, 3.8) is 0 Å². The van der Waals surface area contributed by atoms with Crippen molar-refractivity contribution in [2.75, 3.05) is 0 Å². The van der Waals surface area contributed by atoms with Gasteiger partial charge in [-0.25, -0.2) is 9.18 Å². The number of cyclic esters (lactones) is 1. The van der Waals surface area contributed by atoms with Crippen LogP contribution in [0.15, 0.2) is 6.07 Å². The maximum Gasteiger partial charge on any atom is 0.349 e. The number of fused-ring (bicyclic) bond motifs is 1. The van der Waals surface area contributed by atoms with Gasteiger partial charge in [0.25, 0.3) is 0 Å². The maximum atomic E-state index is 14.1. The van der Waals surface area contributed by atoms with E-state index in [1.165, 1.54) is 6.07 Å². The number of benzene rings is 1. The minimum Gasteiger partial charge on any atom is -0.490 e. The van der Waals surface area contributed by atoms with Crippen molar-refractivity contribution in [2.45, 2.75) is 46.5 Å². The first-order valence-corrected chi connectivity index (χ1v) is 6.13. The van der Waals surface area contributed by atoms with Gasteiger partial charge in [-0.2, -0.15) is 0 Å². The number of carbonyl (C=O) groups excluding carboxylic acids is 1. The quantitative estimate of drug-likeness (QED) is 0.773. The van der Waals surface area contributed by atoms with Crippen LogP contribution in [0.3, 0.4) is 0 Å². The van der Waals surface area contributed by atoms with Crippen LogP contribution in [0.25, 0.3) is 0 Å². The van der Waals surface area contributed by atoms with Crippen LogP contribution in [0.2, 0.25) is 0 Å². The Morgan fingerprint density at radius 2 is 1.95 bits per heavy atom. The van der Waals surface area contributed by atoms with Crippen molar-refractivity contribution in [3.05, 3.63) is 23.0 Å². The van der Waals surface area contributed by atoms with Crippen molar-refractivity contribution in [2.24, 2.45) is 0 Å². The molecule has 1 aliphatic heterocycles. The van der Waals surface area contributed by atoms with Gasteiger partial charge in [0.1, 0.15) is 11.3 Å². The molecule has 0 fully saturated rings. The van der Waals surface area contributed by atoms with E-state index in [0.29, 0.717) is 5.56 Å². The molecule has 0 aromatic heterocycles. The molecular weight excluding hydrogens is 251 g/mol. The van der Waals surface area contributed by atoms with E-state index < -0.39 is 17.6 Å². The normalized spacial score (nSPS) is 16.7. The third-order valence-electron chi connectivity index (χ3n) is 2.62. The summed E-state index contributed by atoms with van der Waals surface area (Å²) in [5.74, 6) is -2.20. The van der Waals surface area contributed by atoms with Crippen LogP contribution in [-0.4, -0.2) is 17.9 Å². The van der Waals surface area contributed by atoms with Gasteiger partial charge in [-0.15, -0.1) is 0 Å². The van der Waals surface area contributed by atoms with Gasteiger partial charge < -0.3 is 14.2 Å². The summed E-state index contributed by atoms with van der Waals surface area (Å²) in [6.45, 7) is 8.35. The SMILES string of the molecule is Cc1cc(OC(C)C)c2c(c1F)OC(C)(C)OC2=O. The summed E-state index contributed by atoms with van der Waals surface area (Å²) in [5, 5.41) is 0. The van der Waals surface area contributed by atoms with E-state index in [9.17, 15) is 9.18 Å². The molecule has 19 heavy (non-hydrogen) atoms. The van der Waals surface area contributed by atoms with Crippen molar-refractivity contribution >= 4 is 5.97 Å². The minimum atomic E-state index is -1.19. The van der Waals surface area contributed by atoms with Crippen LogP contribution in [-0.2, 0) is 4.74 Å². The smallest absolute Gasteiger partial charge is 0.349 e. The van der Waals surface area contributed by atoms with E-state index in [1.807, 2.05) is 13.8 Å². The molecule has 1 aromatic rings. The number of hydrogen-bond donors (Lipinski definition) is 0. The molecule has 5 heteroatoms. The van der Waals surface area contributed by atoms with Crippen LogP contribution in [0.4, 0.5) is 4.39 Å². The van der Waals surface area contributed by atoms with Crippen LogP contribution in [0.1, 0.15) is 43.6 Å². The molecule has 1 aliphatic rings. The van der Waals surface area contributed by atoms with Gasteiger partial charge in [0, 0.05) is 13.8 Å². The topological polar surface area (TPSA) is 44.8 Å². The standard InChI is InChI=1S/C14H17FO4/c1-7(2)17-9-6-8(3)11(15)12-10(9)13(16)19-14(4,5)18-12/h6-7H,1-5H3. The van der Waals surface area contributed by atoms with E-state index in [1.54, 1.807) is 20.8 Å². The van der Waals surface area contributed by atoms with Gasteiger partial charge in [0.2, 0.25) is 5.79 Å². The second kappa shape index (κ2) is 4.40. The molecule has 0 bridgehead atoms. The molecule has 0 amide bonds. The number of aryl methyl sites for hydroxylation is 1. The van der Waals surface area contributed by atoms with Gasteiger partial charge in [-0.05, 0) is 32.4 Å². The molecule has 4 nitrogen and oxygen atoms in total. The first-order chi connectivity index (χ1) is 8.71. The molecule has 0 unspecified atom stereocenters. The van der Waals surface area contributed by atoms with Gasteiger partial charge in [0.05, 0.1) is 6.10 Å². The van der Waals surface area contributed by atoms with Crippen molar-refractivity contribution in [1.82, 2.24) is 0 Å². The summed E-state index contributed by atoms with van der Waals surface area (Å²) in [7, 11) is 0. The lowest BCUT2D eigenvalue weighted by Crippen LogP contribution is -2.39. The summed E-state index contributed by atoms with van der Waals surface area (Å²) in [6, 6.07) is 1.48. The maximum absolute atomic E-state index is 14.1. The van der Waals surface area contributed by atoms with Crippen LogP contribution >= 0.6 is 0 Å². The highest BCUT2D eigenvalue weighted by Gasteiger charge is 2.39. The second-order valence-electron chi connectivity index (χ2n) is 5.27. The summed E-state index contributed by atoms with van der Waals surface area (Å²) >= 11 is 0. The van der Waals surface area contributed by atoms with E-state index in [0.717, 1.165) is 0 Å². The lowest BCUT2D eigenvalue weighted by atomic mass is 10.1. The predicted molar refractivity (Wildman–Crippen MR) is 67.0 cm³/mol. The molecule has 104 valence electrons. The Kier molecular flexibility index (Phi) is 3.16. The highest BCUT2D eigenvalue weighted by molar-refractivity contribution is 5.97. The predicted octanol–water partition coefficient (Wildman–Crippen LogP) is 3.21. The lowest BCUT2D eigenvalue weighted by molar-refractivity contribution is -0.129. The molecule has 0 radical (unpaired) electrons. The zero-order valence-corrected chi connectivity index (χ0v) is 11.7. The molecular formula is C14H17FO4. The Bertz CT molecular complexity index is 535. The Morgan fingerprint density at radius 1 is 1.32 bits per heavy atom. The molecule has 0 atom stereocenters. The zero-order chi connectivity index (χ0) is 14.4. The summed E-state index contributed by atoms with van der Waals surface area (Å²) < 4.78 is 30.2. The lowest BCUT2D eigenvalue weighted by Gasteiger charge is -2.33. The van der Waals surface area contributed by atoms with Crippen LogP contribution in [0.5, 0.6) is 11.5 Å². The van der Waals surface area contributed by atoms with Crippen LogP contribution < -0.4 is 9.47 Å². The molecule has 0 saturated carbocycles. The second-order valence-corrected chi connectivity index (χ2v) is 5.27. The fraction of sp³-hybridized carbons (Fsp3) is 0.500. The fourth-order valence-electron chi connectivity index (χ4n) is 1.91. The first kappa shape index (κ1) is 13.6. The third kappa shape index (κ3) is 2.50. The fourth-order valence-corrected chi connectivity index (χ4v) is 1.91. The van der Waals surface area contributed by atoms with Crippen LogP contribution in [0, 0.1) is 12.7 Å². The molecule has 1 aromatic carbocycles. The average Bonchev–Trinajstić information content (AvgIpc) is 2.22. The summed E-state index contributed by atoms with van der Waals surface area (Å²) in [4.78, 5) is 12.0. The van der Waals surface area contributed by atoms with Gasteiger partial charge >= 0.3 is 5.97 Å². The highest BCUT2D eigenvalue weighted by atomic mass is 19.1. The Balaban J connectivity index is 2.62. The van der Waals surface area contributed by atoms with Crippen molar-refractivity contribution in [1.29, 1.82) is 0 Å². The third-order valence-corrected chi connectivity index (χ3v) is 2.62. The molecule has 0 saturated heterocycles. The number of hydrogen-bond acceptors (Lipinski definition) is 4. The number of halogens is 1. The number of esters is 1. The number of carbonyl (C=O) groups is 1. The van der Waals surface area contributed by atoms with E-state index in [2.05, 4.69) is 0 Å². The molecule has 0 aliphatic carbocycles. The summed E-state index contributed by atoms with van der Waals surface area (Å²) in [6.07, 6.45) is -0.142. The Hall–Kier alpha value is -1.78. The van der Waals surface area contributed by atoms with Gasteiger partial charge in [-0.3, -0.25) is 0 Å². The average molecular weight is 268 g/mol. The Morgan fingerprint density at radius 3 is 2.53 bits per heavy atom. The zero-order valence-electron chi connectivity index (χ0n) is 11.7. The number of rotatable bonds is 2. The molecule has 1 heterocycles. The first-order valence-electron chi connectivity index (χ1n) is 6.13. The largest absolute Gasteiger partial charge is 0.490 e. The van der Waals surface area contributed by atoms with E-state index >= 15 is 0 Å². The number of ether oxygens (including phenoxy) is 3. The monoisotopic (exact) mass is 268 g/mol. The van der Waals surface area contributed by atoms with Crippen molar-refractivity contribution in [3.8, 4) is 11.5 Å². The minimum absolute atomic E-state index is 0.0103. The molecule has 0 N–H and O–H groups in total. The molecule has 0 spiro atoms. The highest BCUT2D eigenvalue weighted by Crippen LogP contribution is 2.40. The van der Waals surface area contributed by atoms with E-state index in [-0.39, 0.29) is 23.2 Å². The van der Waals surface area contributed by atoms with E-state index in [4.69, 9.17) is 14.2 Å². The Labute approximate surface area is 111 Å². The summed E-state index contributed by atoms with van der Waals surface area (Å²) in [5.41, 5.74) is 0.371. The van der Waals surface area contributed by atoms with Gasteiger partial charge in [-0.1, -0.05) is 0 Å².